The molecule has 0 atom stereocenters. The molecule has 1 amide bonds. The molecule has 0 radical (unpaired) electrons. The first-order chi connectivity index (χ1) is 7.43. The van der Waals surface area contributed by atoms with E-state index in [1.165, 1.54) is 4.57 Å². The normalized spacial score (nSPS) is 10.6. The zero-order valence-corrected chi connectivity index (χ0v) is 10.2. The van der Waals surface area contributed by atoms with Crippen molar-refractivity contribution in [3.63, 3.8) is 0 Å². The molecule has 0 bridgehead atoms. The highest BCUT2D eigenvalue weighted by molar-refractivity contribution is 5.75. The van der Waals surface area contributed by atoms with Crippen molar-refractivity contribution in [3.8, 4) is 0 Å². The van der Waals surface area contributed by atoms with Crippen molar-refractivity contribution in [2.45, 2.75) is 33.4 Å². The van der Waals surface area contributed by atoms with Gasteiger partial charge < -0.3 is 9.47 Å². The number of hydrogen-bond acceptors (Lipinski definition) is 2. The lowest BCUT2D eigenvalue weighted by atomic mass is 10.3. The van der Waals surface area contributed by atoms with E-state index in [1.54, 1.807) is 37.2 Å². The lowest BCUT2D eigenvalue weighted by molar-refractivity contribution is -0.132. The Morgan fingerprint density at radius 1 is 1.50 bits per heavy atom. The highest BCUT2D eigenvalue weighted by Crippen LogP contribution is 1.97. The van der Waals surface area contributed by atoms with Crippen LogP contribution in [0.2, 0.25) is 0 Å². The lowest BCUT2D eigenvalue weighted by Crippen LogP contribution is -2.37. The van der Waals surface area contributed by atoms with E-state index >= 15 is 0 Å². The fourth-order valence-electron chi connectivity index (χ4n) is 1.33. The minimum Gasteiger partial charge on any atom is -0.342 e. The molecule has 0 aliphatic carbocycles. The van der Waals surface area contributed by atoms with Gasteiger partial charge in [-0.2, -0.15) is 0 Å². The first kappa shape index (κ1) is 12.5. The van der Waals surface area contributed by atoms with Gasteiger partial charge in [0.1, 0.15) is 6.54 Å². The van der Waals surface area contributed by atoms with Crippen LogP contribution in [0.1, 0.15) is 19.4 Å². The van der Waals surface area contributed by atoms with Gasteiger partial charge in [0, 0.05) is 24.8 Å². The van der Waals surface area contributed by atoms with E-state index in [9.17, 15) is 9.59 Å². The molecule has 0 aliphatic rings. The molecule has 1 rings (SSSR count). The number of hydrogen-bond donors (Lipinski definition) is 0. The second-order valence-electron chi connectivity index (χ2n) is 4.22. The second kappa shape index (κ2) is 4.96. The molecular weight excluding hydrogens is 204 g/mol. The van der Waals surface area contributed by atoms with Crippen LogP contribution in [0.25, 0.3) is 0 Å². The standard InChI is InChI=1S/C12H18N2O2/c1-9(2)13(4)11(15)8-14-7-5-6-10(3)12(14)16/h5-7,9H,8H2,1-4H3. The molecular formula is C12H18N2O2. The van der Waals surface area contributed by atoms with Crippen LogP contribution in [0.15, 0.2) is 23.1 Å². The van der Waals surface area contributed by atoms with Gasteiger partial charge in [-0.15, -0.1) is 0 Å². The van der Waals surface area contributed by atoms with Crippen LogP contribution in [0, 0.1) is 6.92 Å². The first-order valence-corrected chi connectivity index (χ1v) is 5.35. The average Bonchev–Trinajstić information content (AvgIpc) is 2.23. The summed E-state index contributed by atoms with van der Waals surface area (Å²) in [5, 5.41) is 0. The smallest absolute Gasteiger partial charge is 0.253 e. The molecule has 4 heteroatoms. The van der Waals surface area contributed by atoms with E-state index in [0.29, 0.717) is 5.56 Å². The number of carbonyl (C=O) groups excluding carboxylic acids is 1. The molecule has 0 unspecified atom stereocenters. The van der Waals surface area contributed by atoms with Gasteiger partial charge in [-0.25, -0.2) is 0 Å². The second-order valence-corrected chi connectivity index (χ2v) is 4.22. The van der Waals surface area contributed by atoms with Crippen LogP contribution in [-0.2, 0) is 11.3 Å². The maximum Gasteiger partial charge on any atom is 0.253 e. The minimum atomic E-state index is -0.104. The molecule has 0 aromatic carbocycles. The number of amides is 1. The number of nitrogens with zero attached hydrogens (tertiary/aromatic N) is 2. The average molecular weight is 222 g/mol. The Bertz CT molecular complexity index is 435. The van der Waals surface area contributed by atoms with Crippen LogP contribution in [0.3, 0.4) is 0 Å². The molecule has 1 aromatic heterocycles. The van der Waals surface area contributed by atoms with Gasteiger partial charge in [0.25, 0.3) is 5.56 Å². The van der Waals surface area contributed by atoms with Crippen molar-refractivity contribution >= 4 is 5.91 Å². The summed E-state index contributed by atoms with van der Waals surface area (Å²) in [7, 11) is 1.74. The number of rotatable bonds is 3. The van der Waals surface area contributed by atoms with Crippen LogP contribution in [0.5, 0.6) is 0 Å². The molecule has 0 saturated carbocycles. The van der Waals surface area contributed by atoms with Crippen LogP contribution >= 0.6 is 0 Å². The summed E-state index contributed by atoms with van der Waals surface area (Å²) in [6.45, 7) is 5.73. The van der Waals surface area contributed by atoms with E-state index in [2.05, 4.69) is 0 Å². The largest absolute Gasteiger partial charge is 0.342 e. The van der Waals surface area contributed by atoms with Crippen LogP contribution < -0.4 is 5.56 Å². The number of aryl methyl sites for hydroxylation is 1. The molecule has 88 valence electrons. The van der Waals surface area contributed by atoms with E-state index in [0.717, 1.165) is 0 Å². The number of pyridine rings is 1. The van der Waals surface area contributed by atoms with Gasteiger partial charge in [-0.3, -0.25) is 9.59 Å². The van der Waals surface area contributed by atoms with E-state index in [4.69, 9.17) is 0 Å². The van der Waals surface area contributed by atoms with Gasteiger partial charge in [0.15, 0.2) is 0 Å². The van der Waals surface area contributed by atoms with Crippen molar-refractivity contribution in [1.29, 1.82) is 0 Å². The molecule has 1 aromatic rings. The fourth-order valence-corrected chi connectivity index (χ4v) is 1.33. The fraction of sp³-hybridized carbons (Fsp3) is 0.500. The van der Waals surface area contributed by atoms with Gasteiger partial charge in [0.2, 0.25) is 5.91 Å². The van der Waals surface area contributed by atoms with Crippen molar-refractivity contribution in [1.82, 2.24) is 9.47 Å². The van der Waals surface area contributed by atoms with Gasteiger partial charge in [0.05, 0.1) is 0 Å². The van der Waals surface area contributed by atoms with Crippen LogP contribution in [-0.4, -0.2) is 28.5 Å². The summed E-state index contributed by atoms with van der Waals surface area (Å²) < 4.78 is 1.44. The molecule has 0 N–H and O–H groups in total. The summed E-state index contributed by atoms with van der Waals surface area (Å²) in [6, 6.07) is 3.67. The molecule has 0 fully saturated rings. The molecule has 0 saturated heterocycles. The Labute approximate surface area is 95.5 Å². The Balaban J connectivity index is 2.86. The van der Waals surface area contributed by atoms with Crippen molar-refractivity contribution < 1.29 is 4.79 Å². The number of carbonyl (C=O) groups is 1. The third kappa shape index (κ3) is 2.72. The first-order valence-electron chi connectivity index (χ1n) is 5.35. The quantitative estimate of drug-likeness (QED) is 0.766. The highest BCUT2D eigenvalue weighted by Gasteiger charge is 2.12. The van der Waals surface area contributed by atoms with Crippen molar-refractivity contribution in [2.24, 2.45) is 0 Å². The third-order valence-electron chi connectivity index (χ3n) is 2.68. The predicted molar refractivity (Wildman–Crippen MR) is 63.3 cm³/mol. The number of aromatic nitrogens is 1. The Morgan fingerprint density at radius 2 is 2.12 bits per heavy atom. The lowest BCUT2D eigenvalue weighted by Gasteiger charge is -2.21. The number of likely N-dealkylation sites (N-methyl/N-ethyl adjacent to an activating group) is 1. The summed E-state index contributed by atoms with van der Waals surface area (Å²) in [6.07, 6.45) is 1.64. The van der Waals surface area contributed by atoms with Crippen molar-refractivity contribution in [3.05, 3.63) is 34.2 Å². The summed E-state index contributed by atoms with van der Waals surface area (Å²) in [4.78, 5) is 25.1. The SMILES string of the molecule is Cc1cccn(CC(=O)N(C)C(C)C)c1=O. The van der Waals surface area contributed by atoms with Gasteiger partial charge >= 0.3 is 0 Å². The van der Waals surface area contributed by atoms with Gasteiger partial charge in [-0.05, 0) is 26.8 Å². The van der Waals surface area contributed by atoms with Crippen LogP contribution in [0.4, 0.5) is 0 Å². The van der Waals surface area contributed by atoms with E-state index < -0.39 is 0 Å². The molecule has 4 nitrogen and oxygen atoms in total. The maximum absolute atomic E-state index is 11.8. The van der Waals surface area contributed by atoms with E-state index in [1.807, 2.05) is 13.8 Å². The Hall–Kier alpha value is -1.58. The molecule has 16 heavy (non-hydrogen) atoms. The van der Waals surface area contributed by atoms with Gasteiger partial charge in [-0.1, -0.05) is 6.07 Å². The topological polar surface area (TPSA) is 42.3 Å². The van der Waals surface area contributed by atoms with Crippen molar-refractivity contribution in [2.75, 3.05) is 7.05 Å². The maximum atomic E-state index is 11.8. The predicted octanol–water partition coefficient (Wildman–Crippen LogP) is 1.02. The highest BCUT2D eigenvalue weighted by atomic mass is 16.2. The Kier molecular flexibility index (Phi) is 3.88. The van der Waals surface area contributed by atoms with E-state index in [-0.39, 0.29) is 24.1 Å². The summed E-state index contributed by atoms with van der Waals surface area (Å²) >= 11 is 0. The zero-order valence-electron chi connectivity index (χ0n) is 10.2. The summed E-state index contributed by atoms with van der Waals surface area (Å²) in [5.41, 5.74) is 0.551. The summed E-state index contributed by atoms with van der Waals surface area (Å²) in [5.74, 6) is -0.0531. The molecule has 0 aliphatic heterocycles. The zero-order chi connectivity index (χ0) is 12.3. The Morgan fingerprint density at radius 3 is 2.69 bits per heavy atom. The molecule has 0 spiro atoms. The third-order valence-corrected chi connectivity index (χ3v) is 2.68. The monoisotopic (exact) mass is 222 g/mol. The molecule has 1 heterocycles. The minimum absolute atomic E-state index is 0.0531.